The number of benzene rings is 1. The summed E-state index contributed by atoms with van der Waals surface area (Å²) < 4.78 is 0.486. The maximum atomic E-state index is 11.6. The Hall–Kier alpha value is -1.89. The van der Waals surface area contributed by atoms with Gasteiger partial charge in [0.15, 0.2) is 0 Å². The van der Waals surface area contributed by atoms with Gasteiger partial charge in [-0.3, -0.25) is 9.59 Å². The van der Waals surface area contributed by atoms with Gasteiger partial charge in [0.1, 0.15) is 0 Å². The molecule has 0 aliphatic rings. The van der Waals surface area contributed by atoms with Gasteiger partial charge in [0.2, 0.25) is 11.8 Å². The quantitative estimate of drug-likeness (QED) is 0.765. The Morgan fingerprint density at radius 2 is 2.00 bits per heavy atom. The zero-order chi connectivity index (χ0) is 14.4. The Kier molecular flexibility index (Phi) is 5.50. The number of carboxylic acid groups (broad SMARTS) is 1. The smallest absolute Gasteiger partial charge is 0.335 e. The van der Waals surface area contributed by atoms with E-state index in [-0.39, 0.29) is 30.3 Å². The van der Waals surface area contributed by atoms with Gasteiger partial charge in [-0.1, -0.05) is 0 Å². The van der Waals surface area contributed by atoms with Gasteiger partial charge in [-0.05, 0) is 34.1 Å². The van der Waals surface area contributed by atoms with Crippen LogP contribution in [0.1, 0.15) is 23.7 Å². The molecule has 0 saturated carbocycles. The monoisotopic (exact) mass is 328 g/mol. The highest BCUT2D eigenvalue weighted by molar-refractivity contribution is 9.10. The van der Waals surface area contributed by atoms with Crippen LogP contribution in [0.15, 0.2) is 22.7 Å². The molecule has 1 rings (SSSR count). The average Bonchev–Trinajstić information content (AvgIpc) is 2.31. The first-order valence-corrected chi connectivity index (χ1v) is 6.26. The molecular formula is C12H13BrN2O4. The fraction of sp³-hybridized carbons (Fsp3) is 0.250. The van der Waals surface area contributed by atoms with Gasteiger partial charge in [-0.25, -0.2) is 4.79 Å². The van der Waals surface area contributed by atoms with Crippen LogP contribution in [-0.2, 0) is 9.59 Å². The molecule has 2 amide bonds. The number of aromatic carboxylic acids is 1. The van der Waals surface area contributed by atoms with E-state index in [1.807, 2.05) is 0 Å². The number of carbonyl (C=O) groups is 3. The fourth-order valence-corrected chi connectivity index (χ4v) is 1.79. The van der Waals surface area contributed by atoms with Crippen LogP contribution < -0.4 is 10.6 Å². The van der Waals surface area contributed by atoms with Crippen molar-refractivity contribution in [2.24, 2.45) is 0 Å². The average molecular weight is 329 g/mol. The minimum absolute atomic E-state index is 0.128. The largest absolute Gasteiger partial charge is 0.478 e. The predicted molar refractivity (Wildman–Crippen MR) is 73.0 cm³/mol. The fourth-order valence-electron chi connectivity index (χ4n) is 1.31. The van der Waals surface area contributed by atoms with Crippen LogP contribution in [0.2, 0.25) is 0 Å². The van der Waals surface area contributed by atoms with Crippen molar-refractivity contribution in [3.05, 3.63) is 28.2 Å². The molecule has 3 N–H and O–H groups in total. The van der Waals surface area contributed by atoms with E-state index in [9.17, 15) is 14.4 Å². The van der Waals surface area contributed by atoms with E-state index in [0.717, 1.165) is 0 Å². The van der Waals surface area contributed by atoms with Crippen molar-refractivity contribution >= 4 is 39.4 Å². The standard InChI is InChI=1S/C12H13BrN2O4/c1-7(16)14-5-4-11(17)15-10-3-2-8(12(18)19)6-9(10)13/h2-3,6H,4-5H2,1H3,(H,14,16)(H,15,17)(H,18,19). The number of nitrogens with one attached hydrogen (secondary N) is 2. The number of amides is 2. The molecule has 0 aromatic heterocycles. The van der Waals surface area contributed by atoms with Gasteiger partial charge in [-0.2, -0.15) is 0 Å². The summed E-state index contributed by atoms with van der Waals surface area (Å²) >= 11 is 3.19. The molecule has 1 aromatic rings. The van der Waals surface area contributed by atoms with E-state index in [2.05, 4.69) is 26.6 Å². The summed E-state index contributed by atoms with van der Waals surface area (Å²) in [7, 11) is 0. The first kappa shape index (κ1) is 15.2. The van der Waals surface area contributed by atoms with Gasteiger partial charge in [0, 0.05) is 24.4 Å². The van der Waals surface area contributed by atoms with Crippen molar-refractivity contribution in [2.45, 2.75) is 13.3 Å². The van der Waals surface area contributed by atoms with Crippen molar-refractivity contribution in [3.8, 4) is 0 Å². The van der Waals surface area contributed by atoms with Crippen molar-refractivity contribution in [2.75, 3.05) is 11.9 Å². The lowest BCUT2D eigenvalue weighted by molar-refractivity contribution is -0.119. The third-order valence-corrected chi connectivity index (χ3v) is 2.87. The second kappa shape index (κ2) is 6.89. The zero-order valence-electron chi connectivity index (χ0n) is 10.2. The normalized spacial score (nSPS) is 9.79. The minimum Gasteiger partial charge on any atom is -0.478 e. The lowest BCUT2D eigenvalue weighted by Crippen LogP contribution is -2.25. The van der Waals surface area contributed by atoms with Crippen LogP contribution in [0.3, 0.4) is 0 Å². The Labute approximate surface area is 118 Å². The molecule has 6 nitrogen and oxygen atoms in total. The van der Waals surface area contributed by atoms with E-state index in [1.54, 1.807) is 0 Å². The summed E-state index contributed by atoms with van der Waals surface area (Å²) in [5.41, 5.74) is 0.612. The van der Waals surface area contributed by atoms with Crippen LogP contribution in [0.4, 0.5) is 5.69 Å². The molecule has 0 saturated heterocycles. The van der Waals surface area contributed by atoms with Gasteiger partial charge in [-0.15, -0.1) is 0 Å². The number of hydrogen-bond donors (Lipinski definition) is 3. The Bertz CT molecular complexity index is 516. The first-order valence-electron chi connectivity index (χ1n) is 5.47. The highest BCUT2D eigenvalue weighted by Gasteiger charge is 2.09. The van der Waals surface area contributed by atoms with E-state index in [1.165, 1.54) is 25.1 Å². The molecule has 0 radical (unpaired) electrons. The second-order valence-electron chi connectivity index (χ2n) is 3.78. The Morgan fingerprint density at radius 3 is 2.53 bits per heavy atom. The molecular weight excluding hydrogens is 316 g/mol. The lowest BCUT2D eigenvalue weighted by atomic mass is 10.2. The number of rotatable bonds is 5. The van der Waals surface area contributed by atoms with Crippen LogP contribution in [0.25, 0.3) is 0 Å². The highest BCUT2D eigenvalue weighted by atomic mass is 79.9. The predicted octanol–water partition coefficient (Wildman–Crippen LogP) is 1.61. The van der Waals surface area contributed by atoms with E-state index >= 15 is 0 Å². The van der Waals surface area contributed by atoms with E-state index in [4.69, 9.17) is 5.11 Å². The minimum atomic E-state index is -1.04. The maximum Gasteiger partial charge on any atom is 0.335 e. The third-order valence-electron chi connectivity index (χ3n) is 2.22. The topological polar surface area (TPSA) is 95.5 Å². The molecule has 0 aliphatic heterocycles. The number of anilines is 1. The molecule has 1 aromatic carbocycles. The first-order chi connectivity index (χ1) is 8.90. The van der Waals surface area contributed by atoms with Gasteiger partial charge < -0.3 is 15.7 Å². The van der Waals surface area contributed by atoms with Crippen LogP contribution >= 0.6 is 15.9 Å². The molecule has 0 aliphatic carbocycles. The van der Waals surface area contributed by atoms with Crippen LogP contribution in [0.5, 0.6) is 0 Å². The summed E-state index contributed by atoms with van der Waals surface area (Å²) in [6, 6.07) is 4.31. The third kappa shape index (κ3) is 5.09. The van der Waals surface area contributed by atoms with Crippen molar-refractivity contribution in [3.63, 3.8) is 0 Å². The molecule has 0 unspecified atom stereocenters. The van der Waals surface area contributed by atoms with Gasteiger partial charge >= 0.3 is 5.97 Å². The van der Waals surface area contributed by atoms with E-state index in [0.29, 0.717) is 10.2 Å². The molecule has 7 heteroatoms. The van der Waals surface area contributed by atoms with Crippen molar-refractivity contribution < 1.29 is 19.5 Å². The van der Waals surface area contributed by atoms with Crippen molar-refractivity contribution in [1.29, 1.82) is 0 Å². The molecule has 102 valence electrons. The summed E-state index contributed by atoms with van der Waals surface area (Å²) in [5.74, 6) is -1.50. The highest BCUT2D eigenvalue weighted by Crippen LogP contribution is 2.23. The van der Waals surface area contributed by atoms with Crippen LogP contribution in [0, 0.1) is 0 Å². The zero-order valence-corrected chi connectivity index (χ0v) is 11.8. The molecule has 0 spiro atoms. The summed E-state index contributed by atoms with van der Waals surface area (Å²) in [6.45, 7) is 1.63. The summed E-state index contributed by atoms with van der Waals surface area (Å²) in [6.07, 6.45) is 0.146. The Morgan fingerprint density at radius 1 is 1.32 bits per heavy atom. The molecule has 19 heavy (non-hydrogen) atoms. The second-order valence-corrected chi connectivity index (χ2v) is 4.64. The molecule has 0 bridgehead atoms. The summed E-state index contributed by atoms with van der Waals surface area (Å²) in [5, 5.41) is 13.9. The SMILES string of the molecule is CC(=O)NCCC(=O)Nc1ccc(C(=O)O)cc1Br. The molecule has 0 heterocycles. The number of carboxylic acids is 1. The van der Waals surface area contributed by atoms with Crippen molar-refractivity contribution in [1.82, 2.24) is 5.32 Å². The molecule has 0 fully saturated rings. The summed E-state index contributed by atoms with van der Waals surface area (Å²) in [4.78, 5) is 32.9. The van der Waals surface area contributed by atoms with E-state index < -0.39 is 5.97 Å². The molecule has 0 atom stereocenters. The number of halogens is 1. The van der Waals surface area contributed by atoms with Crippen LogP contribution in [-0.4, -0.2) is 29.4 Å². The maximum absolute atomic E-state index is 11.6. The van der Waals surface area contributed by atoms with Gasteiger partial charge in [0.05, 0.1) is 11.3 Å². The number of carbonyl (C=O) groups excluding carboxylic acids is 2. The van der Waals surface area contributed by atoms with Gasteiger partial charge in [0.25, 0.3) is 0 Å². The number of hydrogen-bond acceptors (Lipinski definition) is 3. The Balaban J connectivity index is 2.59. The lowest BCUT2D eigenvalue weighted by Gasteiger charge is -2.08.